The lowest BCUT2D eigenvalue weighted by Gasteiger charge is -2.45. The molecule has 1 fully saturated rings. The van der Waals surface area contributed by atoms with Gasteiger partial charge in [0.05, 0.1) is 34.7 Å². The predicted molar refractivity (Wildman–Crippen MR) is 134 cm³/mol. The highest BCUT2D eigenvalue weighted by atomic mass is 19.1. The van der Waals surface area contributed by atoms with E-state index < -0.39 is 17.7 Å². The molecule has 0 bridgehead atoms. The van der Waals surface area contributed by atoms with Gasteiger partial charge in [-0.05, 0) is 50.1 Å². The standard InChI is InChI=1S/C26H25F2N7O/c1-15-25(36)35(18-9-5-6-16(27)12-18)22-14-29-26(32-24(22)34(15)17-7-3-2-4-8-17)31-21-11-10-20-19(23(21)28)13-30-33-20/h5-6,9-15,17H,2-4,7-8H2,1H3,(H,30,33)(H,29,31,32)/t15-/m1/s1. The highest BCUT2D eigenvalue weighted by molar-refractivity contribution is 6.09. The van der Waals surface area contributed by atoms with Crippen LogP contribution in [-0.2, 0) is 4.79 Å². The highest BCUT2D eigenvalue weighted by Gasteiger charge is 2.41. The smallest absolute Gasteiger partial charge is 0.254 e. The van der Waals surface area contributed by atoms with E-state index in [1.165, 1.54) is 29.7 Å². The normalized spacial score (nSPS) is 18.5. The lowest BCUT2D eigenvalue weighted by molar-refractivity contribution is -0.119. The van der Waals surface area contributed by atoms with E-state index in [0.717, 1.165) is 25.7 Å². The predicted octanol–water partition coefficient (Wildman–Crippen LogP) is 5.58. The van der Waals surface area contributed by atoms with Crippen molar-refractivity contribution in [3.8, 4) is 0 Å². The van der Waals surface area contributed by atoms with Gasteiger partial charge in [-0.3, -0.25) is 14.8 Å². The van der Waals surface area contributed by atoms with Gasteiger partial charge in [-0.15, -0.1) is 0 Å². The topological polar surface area (TPSA) is 90.0 Å². The summed E-state index contributed by atoms with van der Waals surface area (Å²) in [6.07, 6.45) is 8.21. The maximum absolute atomic E-state index is 15.1. The second-order valence-electron chi connectivity index (χ2n) is 9.31. The first-order valence-electron chi connectivity index (χ1n) is 12.1. The molecule has 10 heteroatoms. The largest absolute Gasteiger partial charge is 0.340 e. The number of aromatic amines is 1. The molecular formula is C26H25F2N7O. The average Bonchev–Trinajstić information content (AvgIpc) is 3.37. The van der Waals surface area contributed by atoms with Gasteiger partial charge in [0.25, 0.3) is 5.91 Å². The number of carbonyl (C=O) groups excluding carboxylic acids is 1. The van der Waals surface area contributed by atoms with Gasteiger partial charge in [0.15, 0.2) is 11.6 Å². The van der Waals surface area contributed by atoms with Crippen molar-refractivity contribution in [3.63, 3.8) is 0 Å². The monoisotopic (exact) mass is 489 g/mol. The summed E-state index contributed by atoms with van der Waals surface area (Å²) in [5, 5.41) is 9.99. The zero-order valence-electron chi connectivity index (χ0n) is 19.7. The summed E-state index contributed by atoms with van der Waals surface area (Å²) in [7, 11) is 0. The first kappa shape index (κ1) is 22.4. The fourth-order valence-electron chi connectivity index (χ4n) is 5.31. The number of anilines is 5. The first-order chi connectivity index (χ1) is 17.5. The molecule has 1 amide bonds. The molecule has 4 aromatic rings. The van der Waals surface area contributed by atoms with Crippen LogP contribution < -0.4 is 15.1 Å². The Kier molecular flexibility index (Phi) is 5.50. The minimum Gasteiger partial charge on any atom is -0.340 e. The summed E-state index contributed by atoms with van der Waals surface area (Å²) >= 11 is 0. The quantitative estimate of drug-likeness (QED) is 0.389. The summed E-state index contributed by atoms with van der Waals surface area (Å²) in [6, 6.07) is 8.89. The first-order valence-corrected chi connectivity index (χ1v) is 12.1. The number of amides is 1. The molecule has 2 aromatic carbocycles. The maximum atomic E-state index is 15.1. The van der Waals surface area contributed by atoms with E-state index in [1.54, 1.807) is 30.5 Å². The number of nitrogens with one attached hydrogen (secondary N) is 2. The van der Waals surface area contributed by atoms with Crippen LogP contribution in [0.25, 0.3) is 10.9 Å². The summed E-state index contributed by atoms with van der Waals surface area (Å²) in [4.78, 5) is 26.3. The van der Waals surface area contributed by atoms with E-state index in [1.807, 2.05) is 6.92 Å². The Morgan fingerprint density at radius 2 is 1.92 bits per heavy atom. The summed E-state index contributed by atoms with van der Waals surface area (Å²) in [5.74, 6) is -0.290. The molecule has 1 atom stereocenters. The third-order valence-corrected chi connectivity index (χ3v) is 7.07. The lowest BCUT2D eigenvalue weighted by atomic mass is 9.92. The van der Waals surface area contributed by atoms with Gasteiger partial charge in [0, 0.05) is 6.04 Å². The van der Waals surface area contributed by atoms with Crippen LogP contribution in [0.2, 0.25) is 0 Å². The molecule has 2 aromatic heterocycles. The van der Waals surface area contributed by atoms with Gasteiger partial charge in [-0.1, -0.05) is 25.3 Å². The number of hydrogen-bond acceptors (Lipinski definition) is 6. The zero-order chi connectivity index (χ0) is 24.8. The Balaban J connectivity index is 1.45. The summed E-state index contributed by atoms with van der Waals surface area (Å²) in [5.41, 5.74) is 1.70. The van der Waals surface area contributed by atoms with Crippen molar-refractivity contribution < 1.29 is 13.6 Å². The molecule has 3 heterocycles. The number of aromatic nitrogens is 4. The van der Waals surface area contributed by atoms with Gasteiger partial charge < -0.3 is 10.2 Å². The molecule has 6 rings (SSSR count). The van der Waals surface area contributed by atoms with E-state index in [0.29, 0.717) is 28.1 Å². The molecule has 1 saturated carbocycles. The van der Waals surface area contributed by atoms with E-state index in [9.17, 15) is 9.18 Å². The molecule has 0 radical (unpaired) electrons. The van der Waals surface area contributed by atoms with Crippen LogP contribution in [0.15, 0.2) is 48.8 Å². The number of benzene rings is 2. The van der Waals surface area contributed by atoms with E-state index >= 15 is 4.39 Å². The average molecular weight is 490 g/mol. The van der Waals surface area contributed by atoms with Crippen molar-refractivity contribution >= 4 is 45.6 Å². The summed E-state index contributed by atoms with van der Waals surface area (Å²) < 4.78 is 29.1. The molecule has 8 nitrogen and oxygen atoms in total. The van der Waals surface area contributed by atoms with Crippen molar-refractivity contribution in [1.82, 2.24) is 20.2 Å². The van der Waals surface area contributed by atoms with Gasteiger partial charge >= 0.3 is 0 Å². The third-order valence-electron chi connectivity index (χ3n) is 7.07. The van der Waals surface area contributed by atoms with Crippen LogP contribution in [0.1, 0.15) is 39.0 Å². The molecule has 1 aliphatic carbocycles. The molecule has 0 spiro atoms. The van der Waals surface area contributed by atoms with E-state index in [2.05, 4.69) is 25.4 Å². The molecule has 184 valence electrons. The molecule has 1 aliphatic heterocycles. The molecule has 36 heavy (non-hydrogen) atoms. The number of hydrogen-bond donors (Lipinski definition) is 2. The number of nitrogens with zero attached hydrogens (tertiary/aromatic N) is 5. The van der Waals surface area contributed by atoms with Gasteiger partial charge in [-0.25, -0.2) is 13.8 Å². The number of fused-ring (bicyclic) bond motifs is 2. The van der Waals surface area contributed by atoms with Crippen LogP contribution in [0, 0.1) is 11.6 Å². The lowest BCUT2D eigenvalue weighted by Crippen LogP contribution is -2.55. The Morgan fingerprint density at radius 3 is 2.72 bits per heavy atom. The minimum absolute atomic E-state index is 0.146. The second-order valence-corrected chi connectivity index (χ2v) is 9.31. The molecule has 2 N–H and O–H groups in total. The SMILES string of the molecule is C[C@@H]1C(=O)N(c2cccc(F)c2)c2cnc(Nc3ccc4[nH]ncc4c3F)nc2N1C1CCCCC1. The van der Waals surface area contributed by atoms with Crippen molar-refractivity contribution in [2.45, 2.75) is 51.1 Å². The van der Waals surface area contributed by atoms with Crippen LogP contribution in [-0.4, -0.2) is 38.2 Å². The van der Waals surface area contributed by atoms with E-state index in [-0.39, 0.29) is 23.6 Å². The summed E-state index contributed by atoms with van der Waals surface area (Å²) in [6.45, 7) is 1.86. The Morgan fingerprint density at radius 1 is 1.08 bits per heavy atom. The molecule has 2 aliphatic rings. The molecular weight excluding hydrogens is 464 g/mol. The van der Waals surface area contributed by atoms with Crippen LogP contribution in [0.4, 0.5) is 37.6 Å². The van der Waals surface area contributed by atoms with Crippen LogP contribution >= 0.6 is 0 Å². The minimum atomic E-state index is -0.509. The highest BCUT2D eigenvalue weighted by Crippen LogP contribution is 2.42. The maximum Gasteiger partial charge on any atom is 0.254 e. The molecule has 0 saturated heterocycles. The van der Waals surface area contributed by atoms with Crippen molar-refractivity contribution in [3.05, 3.63) is 60.4 Å². The fourth-order valence-corrected chi connectivity index (χ4v) is 5.31. The Hall–Kier alpha value is -4.08. The van der Waals surface area contributed by atoms with Crippen molar-refractivity contribution in [2.24, 2.45) is 0 Å². The number of H-pyrrole nitrogens is 1. The molecule has 0 unspecified atom stereocenters. The number of halogens is 2. The van der Waals surface area contributed by atoms with Gasteiger partial charge in [0.2, 0.25) is 5.95 Å². The van der Waals surface area contributed by atoms with Crippen molar-refractivity contribution in [2.75, 3.05) is 15.1 Å². The Labute approximate surface area is 206 Å². The fraction of sp³-hybridized carbons (Fsp3) is 0.308. The van der Waals surface area contributed by atoms with Crippen LogP contribution in [0.5, 0.6) is 0 Å². The number of rotatable bonds is 4. The van der Waals surface area contributed by atoms with Gasteiger partial charge in [-0.2, -0.15) is 10.1 Å². The van der Waals surface area contributed by atoms with Crippen molar-refractivity contribution in [1.29, 1.82) is 0 Å². The zero-order valence-corrected chi connectivity index (χ0v) is 19.7. The van der Waals surface area contributed by atoms with Crippen LogP contribution in [0.3, 0.4) is 0 Å². The second kappa shape index (κ2) is 8.85. The third kappa shape index (κ3) is 3.73. The van der Waals surface area contributed by atoms with Gasteiger partial charge in [0.1, 0.15) is 17.5 Å². The van der Waals surface area contributed by atoms with E-state index in [4.69, 9.17) is 4.98 Å². The Bertz CT molecular complexity index is 1450. The number of carbonyl (C=O) groups is 1.